The average molecular weight is 283 g/mol. The molecule has 0 heterocycles. The zero-order valence-corrected chi connectivity index (χ0v) is 13.8. The lowest BCUT2D eigenvalue weighted by molar-refractivity contribution is -0.138. The standard InChI is InChI=1S/C16H33N3O/c1-13(2)11-14(12-17)16(20)19(10-9-18(3)4)15-7-5-6-8-15/h13-15H,5-12,17H2,1-4H3. The fourth-order valence-electron chi connectivity index (χ4n) is 3.10. The van der Waals surface area contributed by atoms with Crippen LogP contribution in [0.1, 0.15) is 46.0 Å². The molecule has 0 bridgehead atoms. The van der Waals surface area contributed by atoms with Gasteiger partial charge in [0.1, 0.15) is 0 Å². The first-order chi connectivity index (χ1) is 9.45. The average Bonchev–Trinajstić information content (AvgIpc) is 2.89. The predicted molar refractivity (Wildman–Crippen MR) is 84.5 cm³/mol. The van der Waals surface area contributed by atoms with Gasteiger partial charge in [-0.1, -0.05) is 26.7 Å². The number of hydrogen-bond acceptors (Lipinski definition) is 3. The van der Waals surface area contributed by atoms with Gasteiger partial charge in [0, 0.05) is 25.7 Å². The first-order valence-electron chi connectivity index (χ1n) is 8.11. The lowest BCUT2D eigenvalue weighted by Crippen LogP contribution is -2.47. The van der Waals surface area contributed by atoms with Crippen LogP contribution >= 0.6 is 0 Å². The molecule has 1 aliphatic rings. The second-order valence-corrected chi connectivity index (χ2v) is 6.84. The zero-order chi connectivity index (χ0) is 15.1. The van der Waals surface area contributed by atoms with Crippen molar-refractivity contribution in [1.29, 1.82) is 0 Å². The van der Waals surface area contributed by atoms with Gasteiger partial charge in [-0.2, -0.15) is 0 Å². The molecule has 0 saturated heterocycles. The summed E-state index contributed by atoms with van der Waals surface area (Å²) in [6, 6.07) is 0.448. The molecule has 1 rings (SSSR count). The Bertz CT molecular complexity index is 285. The second kappa shape index (κ2) is 8.63. The van der Waals surface area contributed by atoms with E-state index < -0.39 is 0 Å². The monoisotopic (exact) mass is 283 g/mol. The van der Waals surface area contributed by atoms with E-state index in [0.717, 1.165) is 32.4 Å². The molecule has 0 spiro atoms. The zero-order valence-electron chi connectivity index (χ0n) is 13.8. The van der Waals surface area contributed by atoms with Crippen molar-refractivity contribution in [3.05, 3.63) is 0 Å². The highest BCUT2D eigenvalue weighted by molar-refractivity contribution is 5.79. The normalized spacial score (nSPS) is 17.9. The van der Waals surface area contributed by atoms with E-state index in [1.54, 1.807) is 0 Å². The molecule has 0 radical (unpaired) electrons. The van der Waals surface area contributed by atoms with Gasteiger partial charge in [0.05, 0.1) is 5.92 Å². The van der Waals surface area contributed by atoms with Crippen LogP contribution in [0.2, 0.25) is 0 Å². The van der Waals surface area contributed by atoms with E-state index in [2.05, 4.69) is 37.7 Å². The van der Waals surface area contributed by atoms with Crippen LogP contribution in [0.4, 0.5) is 0 Å². The molecule has 1 unspecified atom stereocenters. The molecule has 1 atom stereocenters. The first kappa shape index (κ1) is 17.4. The fraction of sp³-hybridized carbons (Fsp3) is 0.938. The Labute approximate surface area is 124 Å². The van der Waals surface area contributed by atoms with Crippen molar-refractivity contribution in [2.45, 2.75) is 52.0 Å². The number of likely N-dealkylation sites (N-methyl/N-ethyl adjacent to an activating group) is 1. The maximum atomic E-state index is 12.8. The van der Waals surface area contributed by atoms with Gasteiger partial charge in [0.2, 0.25) is 5.91 Å². The molecule has 1 amide bonds. The largest absolute Gasteiger partial charge is 0.338 e. The highest BCUT2D eigenvalue weighted by atomic mass is 16.2. The van der Waals surface area contributed by atoms with E-state index >= 15 is 0 Å². The van der Waals surface area contributed by atoms with E-state index in [0.29, 0.717) is 18.5 Å². The molecule has 0 aromatic rings. The number of hydrogen-bond donors (Lipinski definition) is 1. The molecule has 4 heteroatoms. The number of nitrogens with zero attached hydrogens (tertiary/aromatic N) is 2. The highest BCUT2D eigenvalue weighted by Gasteiger charge is 2.30. The highest BCUT2D eigenvalue weighted by Crippen LogP contribution is 2.26. The van der Waals surface area contributed by atoms with Crippen LogP contribution in [-0.4, -0.2) is 55.5 Å². The topological polar surface area (TPSA) is 49.6 Å². The van der Waals surface area contributed by atoms with Gasteiger partial charge in [-0.25, -0.2) is 0 Å². The minimum atomic E-state index is -0.00207. The van der Waals surface area contributed by atoms with Crippen LogP contribution in [0, 0.1) is 11.8 Å². The lowest BCUT2D eigenvalue weighted by Gasteiger charge is -2.33. The van der Waals surface area contributed by atoms with E-state index in [9.17, 15) is 4.79 Å². The summed E-state index contributed by atoms with van der Waals surface area (Å²) >= 11 is 0. The summed E-state index contributed by atoms with van der Waals surface area (Å²) in [5, 5.41) is 0. The van der Waals surface area contributed by atoms with Gasteiger partial charge in [0.25, 0.3) is 0 Å². The third kappa shape index (κ3) is 5.41. The molecule has 0 aromatic carbocycles. The third-order valence-electron chi connectivity index (χ3n) is 4.23. The molecule has 4 nitrogen and oxygen atoms in total. The van der Waals surface area contributed by atoms with E-state index in [1.165, 1.54) is 12.8 Å². The molecule has 118 valence electrons. The number of rotatable bonds is 8. The van der Waals surface area contributed by atoms with Crippen molar-refractivity contribution < 1.29 is 4.79 Å². The summed E-state index contributed by atoms with van der Waals surface area (Å²) < 4.78 is 0. The molecule has 0 aromatic heterocycles. The SMILES string of the molecule is CC(C)CC(CN)C(=O)N(CCN(C)C)C1CCCC1. The summed E-state index contributed by atoms with van der Waals surface area (Å²) in [5.41, 5.74) is 5.86. The number of nitrogens with two attached hydrogens (primary N) is 1. The summed E-state index contributed by atoms with van der Waals surface area (Å²) in [6.45, 7) is 6.57. The van der Waals surface area contributed by atoms with E-state index in [1.807, 2.05) is 0 Å². The Balaban J connectivity index is 2.70. The molecule has 0 aliphatic heterocycles. The maximum Gasteiger partial charge on any atom is 0.227 e. The number of amides is 1. The van der Waals surface area contributed by atoms with Gasteiger partial charge in [-0.05, 0) is 39.3 Å². The van der Waals surface area contributed by atoms with Gasteiger partial charge in [-0.3, -0.25) is 4.79 Å². The smallest absolute Gasteiger partial charge is 0.227 e. The van der Waals surface area contributed by atoms with Crippen molar-refractivity contribution >= 4 is 5.91 Å². The van der Waals surface area contributed by atoms with Crippen LogP contribution in [0.3, 0.4) is 0 Å². The number of carbonyl (C=O) groups excluding carboxylic acids is 1. The summed E-state index contributed by atoms with van der Waals surface area (Å²) in [4.78, 5) is 17.1. The minimum absolute atomic E-state index is 0.00207. The second-order valence-electron chi connectivity index (χ2n) is 6.84. The van der Waals surface area contributed by atoms with Crippen LogP contribution in [-0.2, 0) is 4.79 Å². The molecular formula is C16H33N3O. The van der Waals surface area contributed by atoms with Gasteiger partial charge in [-0.15, -0.1) is 0 Å². The molecule has 1 saturated carbocycles. The van der Waals surface area contributed by atoms with E-state index in [4.69, 9.17) is 5.73 Å². The van der Waals surface area contributed by atoms with Crippen molar-refractivity contribution in [3.8, 4) is 0 Å². The Hall–Kier alpha value is -0.610. The van der Waals surface area contributed by atoms with Crippen molar-refractivity contribution in [3.63, 3.8) is 0 Å². The van der Waals surface area contributed by atoms with Crippen molar-refractivity contribution in [2.75, 3.05) is 33.7 Å². The van der Waals surface area contributed by atoms with Crippen molar-refractivity contribution in [1.82, 2.24) is 9.80 Å². The molecule has 2 N–H and O–H groups in total. The number of carbonyl (C=O) groups is 1. The Morgan fingerprint density at radius 1 is 1.20 bits per heavy atom. The minimum Gasteiger partial charge on any atom is -0.338 e. The lowest BCUT2D eigenvalue weighted by atomic mass is 9.95. The van der Waals surface area contributed by atoms with Crippen LogP contribution in [0.25, 0.3) is 0 Å². The Kier molecular flexibility index (Phi) is 7.52. The molecule has 1 fully saturated rings. The fourth-order valence-corrected chi connectivity index (χ4v) is 3.10. The predicted octanol–water partition coefficient (Wildman–Crippen LogP) is 1.94. The maximum absolute atomic E-state index is 12.8. The van der Waals surface area contributed by atoms with Crippen LogP contribution in [0.5, 0.6) is 0 Å². The summed E-state index contributed by atoms with van der Waals surface area (Å²) in [5.74, 6) is 0.805. The Morgan fingerprint density at radius 2 is 1.80 bits per heavy atom. The molecular weight excluding hydrogens is 250 g/mol. The van der Waals surface area contributed by atoms with Gasteiger partial charge < -0.3 is 15.5 Å². The van der Waals surface area contributed by atoms with E-state index in [-0.39, 0.29) is 11.8 Å². The van der Waals surface area contributed by atoms with Crippen LogP contribution in [0.15, 0.2) is 0 Å². The Morgan fingerprint density at radius 3 is 2.25 bits per heavy atom. The first-order valence-corrected chi connectivity index (χ1v) is 8.11. The summed E-state index contributed by atoms with van der Waals surface area (Å²) in [6.07, 6.45) is 5.75. The quantitative estimate of drug-likeness (QED) is 0.740. The van der Waals surface area contributed by atoms with Gasteiger partial charge in [0.15, 0.2) is 0 Å². The molecule has 20 heavy (non-hydrogen) atoms. The van der Waals surface area contributed by atoms with Gasteiger partial charge >= 0.3 is 0 Å². The van der Waals surface area contributed by atoms with Crippen molar-refractivity contribution in [2.24, 2.45) is 17.6 Å². The third-order valence-corrected chi connectivity index (χ3v) is 4.23. The van der Waals surface area contributed by atoms with Crippen LogP contribution < -0.4 is 5.73 Å². The molecule has 1 aliphatic carbocycles. The summed E-state index contributed by atoms with van der Waals surface area (Å²) in [7, 11) is 4.12.